The lowest BCUT2D eigenvalue weighted by atomic mass is 9.86. The summed E-state index contributed by atoms with van der Waals surface area (Å²) >= 11 is 0. The Morgan fingerprint density at radius 1 is 1.19 bits per heavy atom. The highest BCUT2D eigenvalue weighted by Crippen LogP contribution is 2.40. The van der Waals surface area contributed by atoms with Crippen LogP contribution in [0.1, 0.15) is 93.5 Å². The van der Waals surface area contributed by atoms with Gasteiger partial charge in [-0.3, -0.25) is 14.6 Å². The maximum absolute atomic E-state index is 12.9. The highest BCUT2D eigenvalue weighted by molar-refractivity contribution is 6.02. The number of H-pyrrole nitrogens is 1. The Morgan fingerprint density at radius 2 is 1.93 bits per heavy atom. The van der Waals surface area contributed by atoms with Crippen LogP contribution in [-0.2, 0) is 12.0 Å². The van der Waals surface area contributed by atoms with Gasteiger partial charge in [-0.05, 0) is 52.0 Å². The third-order valence-corrected chi connectivity index (χ3v) is 5.70. The molecule has 2 aliphatic carbocycles. The number of hydrogen-bond acceptors (Lipinski definition) is 3. The quantitative estimate of drug-likeness (QED) is 0.808. The first-order valence-electron chi connectivity index (χ1n) is 10.4. The van der Waals surface area contributed by atoms with Crippen molar-refractivity contribution in [3.8, 4) is 0 Å². The van der Waals surface area contributed by atoms with E-state index in [1.165, 1.54) is 44.9 Å². The first kappa shape index (κ1) is 18.3. The predicted molar refractivity (Wildman–Crippen MR) is 106 cm³/mol. The molecule has 146 valence electrons. The number of hydrogen-bond donors (Lipinski definition) is 2. The summed E-state index contributed by atoms with van der Waals surface area (Å²) in [6.07, 6.45) is 10.0. The van der Waals surface area contributed by atoms with E-state index in [1.807, 2.05) is 16.8 Å². The summed E-state index contributed by atoms with van der Waals surface area (Å²) in [5.41, 5.74) is 2.52. The summed E-state index contributed by atoms with van der Waals surface area (Å²) in [5, 5.41) is 15.1. The summed E-state index contributed by atoms with van der Waals surface area (Å²) in [6, 6.07) is 3.93. The van der Waals surface area contributed by atoms with Gasteiger partial charge in [-0.1, -0.05) is 32.1 Å². The Hall–Kier alpha value is -2.11. The largest absolute Gasteiger partial charge is 0.304 e. The first-order valence-corrected chi connectivity index (χ1v) is 10.4. The summed E-state index contributed by atoms with van der Waals surface area (Å²) in [4.78, 5) is 12.9. The second-order valence-electron chi connectivity index (χ2n) is 9.25. The molecule has 0 spiro atoms. The molecule has 0 unspecified atom stereocenters. The fourth-order valence-corrected chi connectivity index (χ4v) is 4.06. The van der Waals surface area contributed by atoms with E-state index in [2.05, 4.69) is 36.3 Å². The predicted octanol–water partition coefficient (Wildman–Crippen LogP) is 4.61. The van der Waals surface area contributed by atoms with E-state index in [9.17, 15) is 4.79 Å². The fraction of sp³-hybridized carbons (Fsp3) is 0.667. The highest BCUT2D eigenvalue weighted by atomic mass is 16.2. The lowest BCUT2D eigenvalue weighted by molar-refractivity contribution is 0.100. The van der Waals surface area contributed by atoms with Crippen molar-refractivity contribution >= 4 is 11.7 Å². The van der Waals surface area contributed by atoms with E-state index in [4.69, 9.17) is 5.10 Å². The molecule has 0 saturated heterocycles. The zero-order chi connectivity index (χ0) is 19.0. The molecule has 0 aromatic carbocycles. The molecule has 2 saturated carbocycles. The highest BCUT2D eigenvalue weighted by Gasteiger charge is 2.31. The zero-order valence-corrected chi connectivity index (χ0v) is 16.7. The molecular weight excluding hydrogens is 338 g/mol. The zero-order valence-electron chi connectivity index (χ0n) is 16.7. The molecule has 0 bridgehead atoms. The molecule has 0 radical (unpaired) electrons. The lowest BCUT2D eigenvalue weighted by Crippen LogP contribution is -2.29. The first-order chi connectivity index (χ1) is 12.9. The smallest absolute Gasteiger partial charge is 0.275 e. The fourth-order valence-electron chi connectivity index (χ4n) is 4.06. The summed E-state index contributed by atoms with van der Waals surface area (Å²) < 4.78 is 1.85. The van der Waals surface area contributed by atoms with E-state index in [1.54, 1.807) is 0 Å². The minimum Gasteiger partial charge on any atom is -0.304 e. The van der Waals surface area contributed by atoms with Gasteiger partial charge in [-0.25, -0.2) is 0 Å². The average Bonchev–Trinajstić information content (AvgIpc) is 3.21. The van der Waals surface area contributed by atoms with Crippen molar-refractivity contribution in [2.75, 3.05) is 5.32 Å². The van der Waals surface area contributed by atoms with Gasteiger partial charge >= 0.3 is 0 Å². The monoisotopic (exact) mass is 369 g/mol. The molecule has 6 nitrogen and oxygen atoms in total. The molecule has 4 rings (SSSR count). The molecule has 2 aromatic heterocycles. The molecule has 27 heavy (non-hydrogen) atoms. The average molecular weight is 370 g/mol. The third kappa shape index (κ3) is 4.25. The second kappa shape index (κ2) is 7.13. The van der Waals surface area contributed by atoms with Gasteiger partial charge in [0.25, 0.3) is 5.91 Å². The minimum atomic E-state index is -0.239. The van der Waals surface area contributed by atoms with Gasteiger partial charge in [0.2, 0.25) is 0 Å². The Balaban J connectivity index is 1.46. The van der Waals surface area contributed by atoms with Gasteiger partial charge in [-0.15, -0.1) is 0 Å². The Morgan fingerprint density at radius 3 is 2.59 bits per heavy atom. The van der Waals surface area contributed by atoms with Crippen molar-refractivity contribution in [3.05, 3.63) is 29.2 Å². The molecule has 1 amide bonds. The topological polar surface area (TPSA) is 75.6 Å². The van der Waals surface area contributed by atoms with Crippen molar-refractivity contribution in [1.29, 1.82) is 0 Å². The third-order valence-electron chi connectivity index (χ3n) is 5.70. The Bertz CT molecular complexity index is 803. The molecule has 0 atom stereocenters. The van der Waals surface area contributed by atoms with Crippen LogP contribution < -0.4 is 5.32 Å². The van der Waals surface area contributed by atoms with Crippen LogP contribution in [-0.4, -0.2) is 25.9 Å². The van der Waals surface area contributed by atoms with E-state index in [0.717, 1.165) is 23.7 Å². The Labute approximate surface area is 161 Å². The summed E-state index contributed by atoms with van der Waals surface area (Å²) in [6.45, 7) is 6.22. The number of nitrogens with one attached hydrogen (secondary N) is 2. The van der Waals surface area contributed by atoms with Gasteiger partial charge in [0.1, 0.15) is 5.69 Å². The maximum atomic E-state index is 12.9. The SMILES string of the molecule is CC(C)(C)n1nc(C2CC2)cc1C(=O)Nc1cc(CC2CCCCC2)[nH]n1. The Kier molecular flexibility index (Phi) is 4.82. The van der Waals surface area contributed by atoms with Gasteiger partial charge in [0, 0.05) is 17.7 Å². The number of rotatable bonds is 5. The number of nitrogens with zero attached hydrogens (tertiary/aromatic N) is 3. The van der Waals surface area contributed by atoms with E-state index >= 15 is 0 Å². The molecule has 6 heteroatoms. The number of carbonyl (C=O) groups is 1. The molecule has 2 aromatic rings. The summed E-state index contributed by atoms with van der Waals surface area (Å²) in [5.74, 6) is 1.72. The van der Waals surface area contributed by atoms with Crippen molar-refractivity contribution in [3.63, 3.8) is 0 Å². The van der Waals surface area contributed by atoms with Gasteiger partial charge in [-0.2, -0.15) is 10.2 Å². The second-order valence-corrected chi connectivity index (χ2v) is 9.25. The number of amides is 1. The number of anilines is 1. The molecule has 2 fully saturated rings. The van der Waals surface area contributed by atoms with Gasteiger partial charge < -0.3 is 5.32 Å². The van der Waals surface area contributed by atoms with Crippen LogP contribution in [0.5, 0.6) is 0 Å². The maximum Gasteiger partial charge on any atom is 0.275 e. The van der Waals surface area contributed by atoms with Crippen molar-refractivity contribution in [2.24, 2.45) is 5.92 Å². The van der Waals surface area contributed by atoms with Crippen molar-refractivity contribution in [2.45, 2.75) is 83.6 Å². The van der Waals surface area contributed by atoms with E-state index < -0.39 is 0 Å². The van der Waals surface area contributed by atoms with Gasteiger partial charge in [0.15, 0.2) is 5.82 Å². The molecule has 2 heterocycles. The van der Waals surface area contributed by atoms with Crippen LogP contribution in [0, 0.1) is 5.92 Å². The molecular formula is C21H31N5O. The normalized spacial score (nSPS) is 18.6. The van der Waals surface area contributed by atoms with Gasteiger partial charge in [0.05, 0.1) is 11.2 Å². The van der Waals surface area contributed by atoms with Crippen LogP contribution >= 0.6 is 0 Å². The number of carbonyl (C=O) groups excluding carboxylic acids is 1. The molecule has 0 aliphatic heterocycles. The molecule has 2 aliphatic rings. The van der Waals surface area contributed by atoms with Crippen LogP contribution in [0.25, 0.3) is 0 Å². The summed E-state index contributed by atoms with van der Waals surface area (Å²) in [7, 11) is 0. The molecule has 2 N–H and O–H groups in total. The number of aromatic amines is 1. The van der Waals surface area contributed by atoms with E-state index in [-0.39, 0.29) is 11.4 Å². The van der Waals surface area contributed by atoms with Crippen LogP contribution in [0.15, 0.2) is 12.1 Å². The van der Waals surface area contributed by atoms with E-state index in [0.29, 0.717) is 17.4 Å². The van der Waals surface area contributed by atoms with Crippen molar-refractivity contribution < 1.29 is 4.79 Å². The minimum absolute atomic E-state index is 0.139. The standard InChI is InChI=1S/C21H31N5O/c1-21(2,3)26-18(13-17(25-26)15-9-10-15)20(27)22-19-12-16(23-24-19)11-14-7-5-4-6-8-14/h12-15H,4-11H2,1-3H3,(H2,22,23,24,27). The van der Waals surface area contributed by atoms with Crippen LogP contribution in [0.3, 0.4) is 0 Å². The van der Waals surface area contributed by atoms with Crippen LogP contribution in [0.4, 0.5) is 5.82 Å². The lowest BCUT2D eigenvalue weighted by Gasteiger charge is -2.21. The number of aromatic nitrogens is 4. The van der Waals surface area contributed by atoms with Crippen LogP contribution in [0.2, 0.25) is 0 Å². The van der Waals surface area contributed by atoms with Crippen molar-refractivity contribution in [1.82, 2.24) is 20.0 Å².